The van der Waals surface area contributed by atoms with E-state index in [4.69, 9.17) is 5.73 Å². The molecule has 1 amide bonds. The lowest BCUT2D eigenvalue weighted by Gasteiger charge is -2.14. The Morgan fingerprint density at radius 2 is 1.83 bits per heavy atom. The van der Waals surface area contributed by atoms with Crippen molar-refractivity contribution in [3.8, 4) is 0 Å². The van der Waals surface area contributed by atoms with Gasteiger partial charge in [-0.15, -0.1) is 0 Å². The van der Waals surface area contributed by atoms with Gasteiger partial charge in [-0.05, 0) is 30.9 Å². The number of rotatable bonds is 11. The van der Waals surface area contributed by atoms with Crippen LogP contribution in [0.5, 0.6) is 0 Å². The lowest BCUT2D eigenvalue weighted by Crippen LogP contribution is -2.46. The fourth-order valence-corrected chi connectivity index (χ4v) is 2.53. The van der Waals surface area contributed by atoms with Crippen molar-refractivity contribution >= 4 is 5.91 Å². The van der Waals surface area contributed by atoms with E-state index in [2.05, 4.69) is 24.4 Å². The number of aliphatic hydroxyl groups excluding tert-OH is 1. The summed E-state index contributed by atoms with van der Waals surface area (Å²) in [4.78, 5) is 11.7. The van der Waals surface area contributed by atoms with E-state index in [1.165, 1.54) is 51.0 Å². The van der Waals surface area contributed by atoms with Crippen LogP contribution in [-0.2, 0) is 17.8 Å². The molecule has 1 aromatic rings. The maximum absolute atomic E-state index is 11.7. The molecule has 1 aromatic carbocycles. The van der Waals surface area contributed by atoms with E-state index >= 15 is 0 Å². The molecule has 0 spiro atoms. The zero-order valence-corrected chi connectivity index (χ0v) is 14.6. The number of carbonyl (C=O) groups excluding carboxylic acids is 1. The Bertz CT molecular complexity index is 460. The minimum absolute atomic E-state index is 0.318. The number of nitrogens with two attached hydrogens (primary N) is 1. The molecule has 0 radical (unpaired) electrons. The Hall–Kier alpha value is -1.39. The third-order valence-corrected chi connectivity index (χ3v) is 4.10. The normalized spacial score (nSPS) is 13.6. The standard InChI is InChI=1S/C19H32N2O2/c1-3-4-5-6-7-8-10-16-11-9-12-17(13-16)14-21-19(23)18(20)15(2)22/h9,11-13,15,18,22H,3-8,10,14,20H2,1-2H3,(H,21,23)/t15-,18-/m1/s1. The Morgan fingerprint density at radius 1 is 1.17 bits per heavy atom. The summed E-state index contributed by atoms with van der Waals surface area (Å²) in [6, 6.07) is 7.43. The van der Waals surface area contributed by atoms with Crippen LogP contribution in [0.3, 0.4) is 0 Å². The van der Waals surface area contributed by atoms with E-state index in [1.807, 2.05) is 12.1 Å². The highest BCUT2D eigenvalue weighted by molar-refractivity contribution is 5.82. The third kappa shape index (κ3) is 8.14. The maximum Gasteiger partial charge on any atom is 0.239 e. The van der Waals surface area contributed by atoms with Crippen LogP contribution in [0, 0.1) is 0 Å². The second kappa shape index (κ2) is 11.2. The van der Waals surface area contributed by atoms with Gasteiger partial charge in [0.05, 0.1) is 6.10 Å². The molecule has 0 bridgehead atoms. The first kappa shape index (κ1) is 19.7. The number of aliphatic hydroxyl groups is 1. The van der Waals surface area contributed by atoms with E-state index in [0.717, 1.165) is 12.0 Å². The van der Waals surface area contributed by atoms with Crippen LogP contribution in [0.15, 0.2) is 24.3 Å². The van der Waals surface area contributed by atoms with Gasteiger partial charge < -0.3 is 16.2 Å². The predicted molar refractivity (Wildman–Crippen MR) is 95.0 cm³/mol. The fraction of sp³-hybridized carbons (Fsp3) is 0.632. The van der Waals surface area contributed by atoms with Gasteiger partial charge in [0, 0.05) is 6.54 Å². The number of unbranched alkanes of at least 4 members (excludes halogenated alkanes) is 5. The molecule has 0 saturated heterocycles. The molecule has 0 aliphatic rings. The van der Waals surface area contributed by atoms with Crippen LogP contribution in [0.4, 0.5) is 0 Å². The Morgan fingerprint density at radius 3 is 2.52 bits per heavy atom. The molecule has 0 aliphatic heterocycles. The minimum atomic E-state index is -0.874. The summed E-state index contributed by atoms with van der Waals surface area (Å²) in [6.45, 7) is 4.20. The number of benzene rings is 1. The molecule has 0 aliphatic carbocycles. The molecule has 0 unspecified atom stereocenters. The van der Waals surface area contributed by atoms with Gasteiger partial charge in [-0.2, -0.15) is 0 Å². The van der Waals surface area contributed by atoms with E-state index in [1.54, 1.807) is 0 Å². The molecule has 0 saturated carbocycles. The van der Waals surface area contributed by atoms with Crippen LogP contribution < -0.4 is 11.1 Å². The molecule has 4 nitrogen and oxygen atoms in total. The summed E-state index contributed by atoms with van der Waals surface area (Å²) in [6.07, 6.45) is 8.02. The number of amides is 1. The molecule has 1 rings (SSSR count). The molecule has 4 N–H and O–H groups in total. The van der Waals surface area contributed by atoms with Crippen LogP contribution >= 0.6 is 0 Å². The average molecular weight is 320 g/mol. The summed E-state index contributed by atoms with van der Waals surface area (Å²) >= 11 is 0. The summed E-state index contributed by atoms with van der Waals surface area (Å²) in [5.74, 6) is -0.318. The quantitative estimate of drug-likeness (QED) is 0.549. The molecule has 4 heteroatoms. The molecular weight excluding hydrogens is 288 g/mol. The molecule has 130 valence electrons. The number of hydrogen-bond acceptors (Lipinski definition) is 3. The molecule has 0 fully saturated rings. The minimum Gasteiger partial charge on any atom is -0.391 e. The van der Waals surface area contributed by atoms with Gasteiger partial charge in [0.1, 0.15) is 6.04 Å². The highest BCUT2D eigenvalue weighted by Crippen LogP contribution is 2.11. The van der Waals surface area contributed by atoms with Crippen LogP contribution in [0.25, 0.3) is 0 Å². The predicted octanol–water partition coefficient (Wildman–Crippen LogP) is 2.91. The summed E-state index contributed by atoms with van der Waals surface area (Å²) < 4.78 is 0. The lowest BCUT2D eigenvalue weighted by atomic mass is 10.0. The van der Waals surface area contributed by atoms with Crippen molar-refractivity contribution in [2.24, 2.45) is 5.73 Å². The lowest BCUT2D eigenvalue weighted by molar-refractivity contribution is -0.124. The van der Waals surface area contributed by atoms with Crippen molar-refractivity contribution in [1.29, 1.82) is 0 Å². The van der Waals surface area contributed by atoms with E-state index in [9.17, 15) is 9.90 Å². The smallest absolute Gasteiger partial charge is 0.239 e. The van der Waals surface area contributed by atoms with Crippen molar-refractivity contribution < 1.29 is 9.90 Å². The first-order valence-corrected chi connectivity index (χ1v) is 8.83. The Labute approximate surface area is 140 Å². The van der Waals surface area contributed by atoms with E-state index < -0.39 is 12.1 Å². The van der Waals surface area contributed by atoms with Crippen LogP contribution in [0.1, 0.15) is 63.5 Å². The second-order valence-corrected chi connectivity index (χ2v) is 6.32. The highest BCUT2D eigenvalue weighted by Gasteiger charge is 2.17. The van der Waals surface area contributed by atoms with Crippen molar-refractivity contribution in [3.05, 3.63) is 35.4 Å². The van der Waals surface area contributed by atoms with Crippen molar-refractivity contribution in [2.45, 2.75) is 77.5 Å². The Balaban J connectivity index is 2.34. The topological polar surface area (TPSA) is 75.4 Å². The highest BCUT2D eigenvalue weighted by atomic mass is 16.3. The van der Waals surface area contributed by atoms with Crippen molar-refractivity contribution in [1.82, 2.24) is 5.32 Å². The van der Waals surface area contributed by atoms with Gasteiger partial charge in [-0.3, -0.25) is 4.79 Å². The summed E-state index contributed by atoms with van der Waals surface area (Å²) in [5, 5.41) is 12.1. The molecule has 0 aromatic heterocycles. The van der Waals surface area contributed by atoms with Gasteiger partial charge >= 0.3 is 0 Å². The fourth-order valence-electron chi connectivity index (χ4n) is 2.53. The Kier molecular flexibility index (Phi) is 9.57. The maximum atomic E-state index is 11.7. The van der Waals surface area contributed by atoms with Crippen LogP contribution in [0.2, 0.25) is 0 Å². The van der Waals surface area contributed by atoms with Gasteiger partial charge in [-0.25, -0.2) is 0 Å². The monoisotopic (exact) mass is 320 g/mol. The first-order valence-electron chi connectivity index (χ1n) is 8.83. The van der Waals surface area contributed by atoms with Gasteiger partial charge in [0.25, 0.3) is 0 Å². The second-order valence-electron chi connectivity index (χ2n) is 6.32. The third-order valence-electron chi connectivity index (χ3n) is 4.10. The molecular formula is C19H32N2O2. The zero-order valence-electron chi connectivity index (χ0n) is 14.6. The number of aryl methyl sites for hydroxylation is 1. The first-order chi connectivity index (χ1) is 11.0. The number of carbonyl (C=O) groups is 1. The van der Waals surface area contributed by atoms with Crippen molar-refractivity contribution in [3.63, 3.8) is 0 Å². The summed E-state index contributed by atoms with van der Waals surface area (Å²) in [5.41, 5.74) is 7.99. The average Bonchev–Trinajstić information content (AvgIpc) is 2.55. The number of nitrogens with one attached hydrogen (secondary N) is 1. The molecule has 23 heavy (non-hydrogen) atoms. The largest absolute Gasteiger partial charge is 0.391 e. The number of hydrogen-bond donors (Lipinski definition) is 3. The molecule has 2 atom stereocenters. The van der Waals surface area contributed by atoms with E-state index in [-0.39, 0.29) is 5.91 Å². The van der Waals surface area contributed by atoms with E-state index in [0.29, 0.717) is 6.54 Å². The van der Waals surface area contributed by atoms with Gasteiger partial charge in [0.2, 0.25) is 5.91 Å². The van der Waals surface area contributed by atoms with Gasteiger partial charge in [-0.1, -0.05) is 63.3 Å². The van der Waals surface area contributed by atoms with Crippen LogP contribution in [-0.4, -0.2) is 23.2 Å². The summed E-state index contributed by atoms with van der Waals surface area (Å²) in [7, 11) is 0. The molecule has 0 heterocycles. The van der Waals surface area contributed by atoms with Crippen molar-refractivity contribution in [2.75, 3.05) is 0 Å². The SMILES string of the molecule is CCCCCCCCc1cccc(CNC(=O)[C@H](N)[C@@H](C)O)c1. The van der Waals surface area contributed by atoms with Gasteiger partial charge in [0.15, 0.2) is 0 Å². The zero-order chi connectivity index (χ0) is 17.1.